The van der Waals surface area contributed by atoms with Crippen molar-refractivity contribution in [1.29, 1.82) is 0 Å². The molecule has 184 valence electrons. The van der Waals surface area contributed by atoms with E-state index in [9.17, 15) is 9.59 Å². The van der Waals surface area contributed by atoms with Gasteiger partial charge in [0.1, 0.15) is 0 Å². The number of nitrogens with zero attached hydrogens (tertiary/aromatic N) is 1. The first-order valence-corrected chi connectivity index (χ1v) is 15.7. The van der Waals surface area contributed by atoms with Gasteiger partial charge in [0, 0.05) is 26.4 Å². The van der Waals surface area contributed by atoms with Gasteiger partial charge in [-0.3, -0.25) is 14.5 Å². The van der Waals surface area contributed by atoms with Gasteiger partial charge in [0.2, 0.25) is 0 Å². The topological polar surface area (TPSA) is 55.8 Å². The predicted molar refractivity (Wildman–Crippen MR) is 135 cm³/mol. The molecule has 0 aromatic heterocycles. The van der Waals surface area contributed by atoms with Crippen LogP contribution < -0.4 is 0 Å². The lowest BCUT2D eigenvalue weighted by molar-refractivity contribution is 0.0633. The summed E-state index contributed by atoms with van der Waals surface area (Å²) in [6.07, 6.45) is 7.75. The Morgan fingerprint density at radius 1 is 0.879 bits per heavy atom. The molecular weight excluding hydrogens is 430 g/mol. The van der Waals surface area contributed by atoms with Gasteiger partial charge >= 0.3 is 0 Å². The average Bonchev–Trinajstić information content (AvgIpc) is 3.02. The van der Waals surface area contributed by atoms with Crippen molar-refractivity contribution in [1.82, 2.24) is 4.90 Å². The van der Waals surface area contributed by atoms with Crippen molar-refractivity contribution in [2.24, 2.45) is 11.8 Å². The van der Waals surface area contributed by atoms with Gasteiger partial charge in [-0.25, -0.2) is 0 Å². The second-order valence-electron chi connectivity index (χ2n) is 11.4. The molecule has 1 saturated carbocycles. The molecule has 2 aliphatic rings. The predicted octanol–water partition coefficient (Wildman–Crippen LogP) is 6.30. The molecule has 0 radical (unpaired) electrons. The number of rotatable bonds is 11. The minimum atomic E-state index is -1.64. The average molecular weight is 474 g/mol. The van der Waals surface area contributed by atoms with Crippen LogP contribution in [0.3, 0.4) is 0 Å². The summed E-state index contributed by atoms with van der Waals surface area (Å²) in [6, 6.07) is 7.08. The second kappa shape index (κ2) is 11.3. The molecule has 0 spiro atoms. The summed E-state index contributed by atoms with van der Waals surface area (Å²) < 4.78 is 12.4. The fourth-order valence-electron chi connectivity index (χ4n) is 4.45. The van der Waals surface area contributed by atoms with Gasteiger partial charge in [-0.1, -0.05) is 32.9 Å². The molecule has 5 nitrogen and oxygen atoms in total. The lowest BCUT2D eigenvalue weighted by Crippen LogP contribution is -2.42. The largest absolute Gasteiger partial charge is 0.417 e. The Morgan fingerprint density at radius 2 is 1.42 bits per heavy atom. The number of hydrogen-bond acceptors (Lipinski definition) is 4. The van der Waals surface area contributed by atoms with Crippen molar-refractivity contribution in [3.05, 3.63) is 35.4 Å². The highest BCUT2D eigenvalue weighted by Crippen LogP contribution is 2.38. The SMILES string of the molecule is CC(C)(C)[Si](C)(C)OC[C@H]1CC[C@H](COCCCCCN2C(=O)c3ccccc3C2=O)CC1. The molecule has 1 fully saturated rings. The quantitative estimate of drug-likeness (QED) is 0.215. The lowest BCUT2D eigenvalue weighted by atomic mass is 9.83. The standard InChI is InChI=1S/C27H43NO4Si/c1-27(2,3)33(4,5)32-20-22-15-13-21(14-16-22)19-31-18-10-6-9-17-28-25(29)23-11-7-8-12-24(23)26(28)30/h7-8,11-12,21-22H,6,9-10,13-20H2,1-5H3/t21-,22-. The first-order chi connectivity index (χ1) is 15.6. The molecule has 1 aliphatic heterocycles. The van der Waals surface area contributed by atoms with Gasteiger partial charge in [-0.2, -0.15) is 0 Å². The smallest absolute Gasteiger partial charge is 0.261 e. The Kier molecular flexibility index (Phi) is 8.93. The lowest BCUT2D eigenvalue weighted by Gasteiger charge is -2.38. The number of hydrogen-bond donors (Lipinski definition) is 0. The number of fused-ring (bicyclic) bond motifs is 1. The Balaban J connectivity index is 1.22. The first kappa shape index (κ1) is 26.1. The van der Waals surface area contributed by atoms with E-state index in [1.165, 1.54) is 30.6 Å². The highest BCUT2D eigenvalue weighted by atomic mass is 28.4. The van der Waals surface area contributed by atoms with Gasteiger partial charge in [0.15, 0.2) is 8.32 Å². The highest BCUT2D eigenvalue weighted by Gasteiger charge is 2.38. The third-order valence-electron chi connectivity index (χ3n) is 7.85. The van der Waals surface area contributed by atoms with E-state index in [0.717, 1.165) is 39.1 Å². The second-order valence-corrected chi connectivity index (χ2v) is 16.2. The summed E-state index contributed by atoms with van der Waals surface area (Å²) in [6.45, 7) is 14.6. The van der Waals surface area contributed by atoms with E-state index in [1.54, 1.807) is 24.3 Å². The minimum Gasteiger partial charge on any atom is -0.417 e. The zero-order chi connectivity index (χ0) is 24.1. The Hall–Kier alpha value is -1.50. The van der Waals surface area contributed by atoms with E-state index in [0.29, 0.717) is 29.5 Å². The zero-order valence-corrected chi connectivity index (χ0v) is 22.3. The van der Waals surface area contributed by atoms with Gasteiger partial charge in [0.25, 0.3) is 11.8 Å². The number of carbonyl (C=O) groups is 2. The minimum absolute atomic E-state index is 0.155. The van der Waals surface area contributed by atoms with Crippen LogP contribution in [0, 0.1) is 11.8 Å². The molecular formula is C27H43NO4Si. The van der Waals surface area contributed by atoms with Crippen LogP contribution in [0.2, 0.25) is 18.1 Å². The van der Waals surface area contributed by atoms with Crippen molar-refractivity contribution in [2.45, 2.75) is 83.8 Å². The summed E-state index contributed by atoms with van der Waals surface area (Å²) in [4.78, 5) is 26.1. The van der Waals surface area contributed by atoms with Crippen molar-refractivity contribution in [2.75, 3.05) is 26.4 Å². The van der Waals surface area contributed by atoms with Crippen molar-refractivity contribution < 1.29 is 18.8 Å². The van der Waals surface area contributed by atoms with Crippen LogP contribution in [0.25, 0.3) is 0 Å². The molecule has 1 heterocycles. The fraction of sp³-hybridized carbons (Fsp3) is 0.704. The number of ether oxygens (including phenoxy) is 1. The summed E-state index contributed by atoms with van der Waals surface area (Å²) in [5.41, 5.74) is 1.07. The van der Waals surface area contributed by atoms with Crippen LogP contribution in [0.1, 0.15) is 86.4 Å². The van der Waals surface area contributed by atoms with E-state index < -0.39 is 8.32 Å². The summed E-state index contributed by atoms with van der Waals surface area (Å²) in [5, 5.41) is 0.280. The van der Waals surface area contributed by atoms with Gasteiger partial charge < -0.3 is 9.16 Å². The molecule has 1 aromatic rings. The highest BCUT2D eigenvalue weighted by molar-refractivity contribution is 6.74. The molecule has 0 atom stereocenters. The molecule has 3 rings (SSSR count). The molecule has 1 aromatic carbocycles. The van der Waals surface area contributed by atoms with Crippen LogP contribution in [-0.2, 0) is 9.16 Å². The van der Waals surface area contributed by atoms with Crippen molar-refractivity contribution >= 4 is 20.1 Å². The molecule has 0 N–H and O–H groups in total. The number of carbonyl (C=O) groups excluding carboxylic acids is 2. The molecule has 0 saturated heterocycles. The van der Waals surface area contributed by atoms with Gasteiger partial charge in [-0.05, 0) is 87.0 Å². The Bertz CT molecular complexity index is 774. The van der Waals surface area contributed by atoms with Crippen LogP contribution in [0.5, 0.6) is 0 Å². The fourth-order valence-corrected chi connectivity index (χ4v) is 5.54. The van der Waals surface area contributed by atoms with Crippen molar-refractivity contribution in [3.8, 4) is 0 Å². The van der Waals surface area contributed by atoms with Crippen LogP contribution in [-0.4, -0.2) is 51.4 Å². The van der Waals surface area contributed by atoms with E-state index in [4.69, 9.17) is 9.16 Å². The number of benzene rings is 1. The zero-order valence-electron chi connectivity index (χ0n) is 21.3. The Morgan fingerprint density at radius 3 is 1.97 bits per heavy atom. The normalized spacial score (nSPS) is 21.5. The van der Waals surface area contributed by atoms with Crippen LogP contribution in [0.4, 0.5) is 0 Å². The van der Waals surface area contributed by atoms with E-state index in [1.807, 2.05) is 0 Å². The molecule has 0 bridgehead atoms. The van der Waals surface area contributed by atoms with E-state index in [2.05, 4.69) is 33.9 Å². The maximum Gasteiger partial charge on any atom is 0.261 e. The van der Waals surface area contributed by atoms with Gasteiger partial charge in [-0.15, -0.1) is 0 Å². The maximum atomic E-state index is 12.4. The van der Waals surface area contributed by atoms with Gasteiger partial charge in [0.05, 0.1) is 11.1 Å². The number of unbranched alkanes of at least 4 members (excludes halogenated alkanes) is 2. The maximum absolute atomic E-state index is 12.4. The summed E-state index contributed by atoms with van der Waals surface area (Å²) in [7, 11) is -1.64. The third-order valence-corrected chi connectivity index (χ3v) is 12.4. The summed E-state index contributed by atoms with van der Waals surface area (Å²) in [5.74, 6) is 1.07. The molecule has 1 aliphatic carbocycles. The molecule has 2 amide bonds. The van der Waals surface area contributed by atoms with E-state index >= 15 is 0 Å². The number of amides is 2. The van der Waals surface area contributed by atoms with Crippen LogP contribution in [0.15, 0.2) is 24.3 Å². The van der Waals surface area contributed by atoms with E-state index in [-0.39, 0.29) is 16.9 Å². The molecule has 33 heavy (non-hydrogen) atoms. The summed E-state index contributed by atoms with van der Waals surface area (Å²) >= 11 is 0. The Labute approximate surface area is 201 Å². The third kappa shape index (κ3) is 6.77. The first-order valence-electron chi connectivity index (χ1n) is 12.8. The molecule has 6 heteroatoms. The number of imide groups is 1. The monoisotopic (exact) mass is 473 g/mol. The molecule has 0 unspecified atom stereocenters. The van der Waals surface area contributed by atoms with Crippen molar-refractivity contribution in [3.63, 3.8) is 0 Å². The van der Waals surface area contributed by atoms with Crippen LogP contribution >= 0.6 is 0 Å².